The number of methoxy groups -OCH3 is 1. The van der Waals surface area contributed by atoms with Gasteiger partial charge in [0.05, 0.1) is 13.2 Å². The van der Waals surface area contributed by atoms with Crippen LogP contribution in [0.25, 0.3) is 0 Å². The maximum Gasteiger partial charge on any atom is 0.331 e. The molecule has 0 radical (unpaired) electrons. The fourth-order valence-electron chi connectivity index (χ4n) is 1.50. The Morgan fingerprint density at radius 1 is 1.62 bits per heavy atom. The van der Waals surface area contributed by atoms with E-state index in [2.05, 4.69) is 16.7 Å². The third kappa shape index (κ3) is 3.74. The second-order valence-electron chi connectivity index (χ2n) is 3.41. The van der Waals surface area contributed by atoms with E-state index in [9.17, 15) is 4.79 Å². The topological polar surface area (TPSA) is 38.8 Å². The molecule has 76 valence electrons. The molecule has 1 rings (SSSR count). The van der Waals surface area contributed by atoms with E-state index in [1.807, 2.05) is 0 Å². The van der Waals surface area contributed by atoms with E-state index in [1.165, 1.54) is 7.11 Å². The summed E-state index contributed by atoms with van der Waals surface area (Å²) in [6.07, 6.45) is 2.38. The van der Waals surface area contributed by atoms with Gasteiger partial charge in [0.1, 0.15) is 6.61 Å². The Bertz CT molecular complexity index is 172. The van der Waals surface area contributed by atoms with Crippen LogP contribution in [-0.2, 0) is 14.3 Å². The highest BCUT2D eigenvalue weighted by Gasteiger charge is 2.18. The van der Waals surface area contributed by atoms with E-state index < -0.39 is 0 Å². The molecule has 0 aromatic heterocycles. The van der Waals surface area contributed by atoms with Crippen molar-refractivity contribution in [1.29, 1.82) is 0 Å². The number of rotatable bonds is 3. The van der Waals surface area contributed by atoms with Gasteiger partial charge in [-0.05, 0) is 26.4 Å². The Kier molecular flexibility index (Phi) is 4.18. The summed E-state index contributed by atoms with van der Waals surface area (Å²) in [7, 11) is 3.44. The first-order valence-corrected chi connectivity index (χ1v) is 4.59. The van der Waals surface area contributed by atoms with E-state index in [0.29, 0.717) is 0 Å². The van der Waals surface area contributed by atoms with Crippen molar-refractivity contribution in [3.63, 3.8) is 0 Å². The van der Waals surface area contributed by atoms with Gasteiger partial charge in [-0.1, -0.05) is 0 Å². The van der Waals surface area contributed by atoms with Crippen LogP contribution < -0.4 is 0 Å². The Labute approximate surface area is 78.8 Å². The number of carbonyl (C=O) groups excluding carboxylic acids is 1. The summed E-state index contributed by atoms with van der Waals surface area (Å²) in [5, 5.41) is 0. The zero-order valence-corrected chi connectivity index (χ0v) is 8.28. The fourth-order valence-corrected chi connectivity index (χ4v) is 1.50. The number of piperidine rings is 1. The van der Waals surface area contributed by atoms with Crippen LogP contribution in [0.1, 0.15) is 12.8 Å². The molecule has 0 aromatic rings. The van der Waals surface area contributed by atoms with Crippen LogP contribution in [0.5, 0.6) is 0 Å². The molecular formula is C9H17NO3. The smallest absolute Gasteiger partial charge is 0.331 e. The standard InChI is InChI=1S/C9H17NO3/c1-10-5-3-4-8(6-10)13-7-9(11)12-2/h8H,3-7H2,1-2H3/t8-/m0/s1. The largest absolute Gasteiger partial charge is 0.467 e. The van der Waals surface area contributed by atoms with Crippen LogP contribution >= 0.6 is 0 Å². The predicted molar refractivity (Wildman–Crippen MR) is 48.5 cm³/mol. The molecule has 0 spiro atoms. The third-order valence-electron chi connectivity index (χ3n) is 2.25. The number of ether oxygens (including phenoxy) is 2. The third-order valence-corrected chi connectivity index (χ3v) is 2.25. The molecule has 1 aliphatic rings. The second kappa shape index (κ2) is 5.19. The molecular weight excluding hydrogens is 170 g/mol. The van der Waals surface area contributed by atoms with Gasteiger partial charge in [0.15, 0.2) is 0 Å². The quantitative estimate of drug-likeness (QED) is 0.594. The Hall–Kier alpha value is -0.610. The van der Waals surface area contributed by atoms with Crippen LogP contribution in [0.2, 0.25) is 0 Å². The minimum atomic E-state index is -0.298. The number of likely N-dealkylation sites (N-methyl/N-ethyl adjacent to an activating group) is 1. The van der Waals surface area contributed by atoms with Crippen LogP contribution in [0.4, 0.5) is 0 Å². The lowest BCUT2D eigenvalue weighted by molar-refractivity contribution is -0.149. The van der Waals surface area contributed by atoms with Crippen molar-refractivity contribution in [2.75, 3.05) is 33.9 Å². The fraction of sp³-hybridized carbons (Fsp3) is 0.889. The molecule has 0 amide bonds. The highest BCUT2D eigenvalue weighted by Crippen LogP contribution is 2.11. The Balaban J connectivity index is 2.17. The predicted octanol–water partition coefficient (Wildman–Crippen LogP) is 0.270. The summed E-state index contributed by atoms with van der Waals surface area (Å²) in [6.45, 7) is 2.12. The maximum absolute atomic E-state index is 10.8. The van der Waals surface area contributed by atoms with Crippen molar-refractivity contribution in [3.8, 4) is 0 Å². The van der Waals surface area contributed by atoms with E-state index in [0.717, 1.165) is 25.9 Å². The number of likely N-dealkylation sites (tertiary alicyclic amines) is 1. The highest BCUT2D eigenvalue weighted by atomic mass is 16.6. The van der Waals surface area contributed by atoms with Gasteiger partial charge in [-0.3, -0.25) is 0 Å². The molecule has 1 atom stereocenters. The summed E-state index contributed by atoms with van der Waals surface area (Å²) in [6, 6.07) is 0. The second-order valence-corrected chi connectivity index (χ2v) is 3.41. The van der Waals surface area contributed by atoms with Crippen molar-refractivity contribution < 1.29 is 14.3 Å². The normalized spacial score (nSPS) is 24.3. The molecule has 4 heteroatoms. The lowest BCUT2D eigenvalue weighted by atomic mass is 10.1. The molecule has 0 aliphatic carbocycles. The molecule has 1 fully saturated rings. The van der Waals surface area contributed by atoms with Crippen molar-refractivity contribution in [1.82, 2.24) is 4.90 Å². The lowest BCUT2D eigenvalue weighted by Gasteiger charge is -2.29. The SMILES string of the molecule is COC(=O)CO[C@H]1CCCN(C)C1. The molecule has 0 saturated carbocycles. The minimum absolute atomic E-state index is 0.0784. The molecule has 0 N–H and O–H groups in total. The molecule has 13 heavy (non-hydrogen) atoms. The first-order chi connectivity index (χ1) is 6.22. The summed E-state index contributed by atoms with van der Waals surface area (Å²) in [5.74, 6) is -0.298. The minimum Gasteiger partial charge on any atom is -0.467 e. The number of hydrogen-bond acceptors (Lipinski definition) is 4. The van der Waals surface area contributed by atoms with Crippen LogP contribution in [0.3, 0.4) is 0 Å². The molecule has 0 bridgehead atoms. The first kappa shape index (κ1) is 10.5. The summed E-state index contributed by atoms with van der Waals surface area (Å²) in [5.41, 5.74) is 0. The molecule has 1 saturated heterocycles. The molecule has 0 unspecified atom stereocenters. The molecule has 4 nitrogen and oxygen atoms in total. The van der Waals surface area contributed by atoms with Crippen molar-refractivity contribution in [2.45, 2.75) is 18.9 Å². The number of nitrogens with zero attached hydrogens (tertiary/aromatic N) is 1. The van der Waals surface area contributed by atoms with Crippen LogP contribution in [-0.4, -0.2) is 50.8 Å². The highest BCUT2D eigenvalue weighted by molar-refractivity contribution is 5.70. The van der Waals surface area contributed by atoms with Crippen LogP contribution in [0.15, 0.2) is 0 Å². The lowest BCUT2D eigenvalue weighted by Crippen LogP contribution is -2.37. The van der Waals surface area contributed by atoms with Gasteiger partial charge in [0.25, 0.3) is 0 Å². The van der Waals surface area contributed by atoms with Crippen LogP contribution in [0, 0.1) is 0 Å². The number of hydrogen-bond donors (Lipinski definition) is 0. The van der Waals surface area contributed by atoms with E-state index in [-0.39, 0.29) is 18.7 Å². The average molecular weight is 187 g/mol. The maximum atomic E-state index is 10.8. The molecule has 1 heterocycles. The average Bonchev–Trinajstić information content (AvgIpc) is 2.14. The van der Waals surface area contributed by atoms with Crippen molar-refractivity contribution >= 4 is 5.97 Å². The Morgan fingerprint density at radius 2 is 2.38 bits per heavy atom. The van der Waals surface area contributed by atoms with Gasteiger partial charge in [-0.2, -0.15) is 0 Å². The van der Waals surface area contributed by atoms with E-state index >= 15 is 0 Å². The van der Waals surface area contributed by atoms with E-state index in [4.69, 9.17) is 4.74 Å². The molecule has 1 aliphatic heterocycles. The van der Waals surface area contributed by atoms with Gasteiger partial charge in [-0.15, -0.1) is 0 Å². The van der Waals surface area contributed by atoms with Gasteiger partial charge in [-0.25, -0.2) is 4.79 Å². The zero-order chi connectivity index (χ0) is 9.68. The summed E-state index contributed by atoms with van der Waals surface area (Å²) >= 11 is 0. The van der Waals surface area contributed by atoms with E-state index in [1.54, 1.807) is 0 Å². The van der Waals surface area contributed by atoms with Gasteiger partial charge in [0.2, 0.25) is 0 Å². The zero-order valence-electron chi connectivity index (χ0n) is 8.28. The Morgan fingerprint density at radius 3 is 3.00 bits per heavy atom. The van der Waals surface area contributed by atoms with Crippen molar-refractivity contribution in [2.24, 2.45) is 0 Å². The number of carbonyl (C=O) groups is 1. The van der Waals surface area contributed by atoms with Gasteiger partial charge < -0.3 is 14.4 Å². The summed E-state index contributed by atoms with van der Waals surface area (Å²) < 4.78 is 9.88. The van der Waals surface area contributed by atoms with Gasteiger partial charge >= 0.3 is 5.97 Å². The number of esters is 1. The first-order valence-electron chi connectivity index (χ1n) is 4.59. The summed E-state index contributed by atoms with van der Waals surface area (Å²) in [4.78, 5) is 13.0. The van der Waals surface area contributed by atoms with Gasteiger partial charge in [0, 0.05) is 6.54 Å². The monoisotopic (exact) mass is 187 g/mol. The molecule has 0 aromatic carbocycles. The van der Waals surface area contributed by atoms with Crippen molar-refractivity contribution in [3.05, 3.63) is 0 Å².